The fraction of sp³-hybridized carbons (Fsp3) is 0.806. The van der Waals surface area contributed by atoms with E-state index in [1.54, 1.807) is 12.1 Å². The van der Waals surface area contributed by atoms with Crippen LogP contribution in [0.2, 0.25) is 0 Å². The average molecular weight is 659 g/mol. The number of aromatic hydroxyl groups is 1. The maximum atomic E-state index is 13.1. The van der Waals surface area contributed by atoms with Gasteiger partial charge in [0.25, 0.3) is 0 Å². The van der Waals surface area contributed by atoms with Crippen LogP contribution < -0.4 is 0 Å². The number of fused-ring (bicyclic) bond motifs is 6. The molecule has 1 aromatic rings. The van der Waals surface area contributed by atoms with Gasteiger partial charge in [-0.1, -0.05) is 57.9 Å². The van der Waals surface area contributed by atoms with Crippen LogP contribution in [0.4, 0.5) is 22.0 Å². The van der Waals surface area contributed by atoms with Crippen molar-refractivity contribution in [1.82, 2.24) is 0 Å². The summed E-state index contributed by atoms with van der Waals surface area (Å²) < 4.78 is 63.4. The van der Waals surface area contributed by atoms with Gasteiger partial charge >= 0.3 is 18.1 Å². The topological polar surface area (TPSA) is 98.0 Å². The lowest BCUT2D eigenvalue weighted by Crippen LogP contribution is -2.47. The molecule has 3 fully saturated rings. The number of hydrogen-bond acceptors (Lipinski definition) is 4. The van der Waals surface area contributed by atoms with Gasteiger partial charge in [0.2, 0.25) is 0 Å². The number of hydrogen-bond donors (Lipinski definition) is 4. The lowest BCUT2D eigenvalue weighted by molar-refractivity contribution is -0.284. The van der Waals surface area contributed by atoms with Gasteiger partial charge in [-0.05, 0) is 110 Å². The molecule has 46 heavy (non-hydrogen) atoms. The normalized spacial score (nSPS) is 32.1. The fourth-order valence-electron chi connectivity index (χ4n) is 10.1. The zero-order chi connectivity index (χ0) is 33.5. The van der Waals surface area contributed by atoms with E-state index in [-0.39, 0.29) is 41.4 Å². The molecular weight excluding hydrogens is 607 g/mol. The second-order valence-electron chi connectivity index (χ2n) is 15.3. The number of unbranched alkanes of at least 4 members (excludes halogenated alkanes) is 6. The molecular formula is C36H51F5O5. The standard InChI is InChI=1S/C36H51F5O5/c1-33-17-15-25-24-14-13-23(42)20-27(24)31(44)26(30(25)28(33)21-29(43)34(33)18-19-34)12-8-6-4-2-3-5-7-10-22(32(45)46)11-9-16-35(37,38)36(39,40)41/h13-14,20,22,25-26,28-31,42-44H,2-12,15-19,21H2,1H3,(H,45,46)/t22?,25?,26?,28?,29-,30?,31+,33+/m1/s1. The van der Waals surface area contributed by atoms with Crippen LogP contribution in [-0.2, 0) is 4.79 Å². The Labute approximate surface area is 269 Å². The average Bonchev–Trinajstić information content (AvgIpc) is 3.77. The molecule has 260 valence electrons. The molecule has 0 radical (unpaired) electrons. The molecule has 3 saturated carbocycles. The molecule has 0 bridgehead atoms. The van der Waals surface area contributed by atoms with Gasteiger partial charge in [-0.3, -0.25) is 4.79 Å². The number of halogens is 5. The zero-order valence-corrected chi connectivity index (χ0v) is 26.9. The Hall–Kier alpha value is -1.94. The predicted molar refractivity (Wildman–Crippen MR) is 163 cm³/mol. The van der Waals surface area contributed by atoms with Gasteiger partial charge in [-0.15, -0.1) is 0 Å². The Morgan fingerprint density at radius 3 is 2.17 bits per heavy atom. The predicted octanol–water partition coefficient (Wildman–Crippen LogP) is 9.30. The van der Waals surface area contributed by atoms with Crippen LogP contribution in [-0.4, -0.2) is 44.6 Å². The molecule has 5 nitrogen and oxygen atoms in total. The van der Waals surface area contributed by atoms with Gasteiger partial charge < -0.3 is 20.4 Å². The van der Waals surface area contributed by atoms with Crippen LogP contribution in [0.15, 0.2) is 18.2 Å². The van der Waals surface area contributed by atoms with Gasteiger partial charge in [0.05, 0.1) is 18.1 Å². The Morgan fingerprint density at radius 1 is 0.913 bits per heavy atom. The Balaban J connectivity index is 1.08. The molecule has 8 atom stereocenters. The van der Waals surface area contributed by atoms with E-state index in [0.29, 0.717) is 24.2 Å². The summed E-state index contributed by atoms with van der Waals surface area (Å²) in [5, 5.41) is 42.5. The number of carbonyl (C=O) groups is 1. The first-order valence-corrected chi connectivity index (χ1v) is 17.5. The lowest BCUT2D eigenvalue weighted by atomic mass is 9.50. The molecule has 4 aliphatic carbocycles. The van der Waals surface area contributed by atoms with E-state index in [9.17, 15) is 47.2 Å². The van der Waals surface area contributed by atoms with E-state index >= 15 is 0 Å². The minimum Gasteiger partial charge on any atom is -0.508 e. The largest absolute Gasteiger partial charge is 0.508 e. The minimum absolute atomic E-state index is 0.0413. The number of benzene rings is 1. The fourth-order valence-corrected chi connectivity index (χ4v) is 10.1. The number of alkyl halides is 5. The van der Waals surface area contributed by atoms with Crippen molar-refractivity contribution in [1.29, 1.82) is 0 Å². The second-order valence-corrected chi connectivity index (χ2v) is 15.3. The van der Waals surface area contributed by atoms with Crippen LogP contribution in [0.25, 0.3) is 0 Å². The Morgan fingerprint density at radius 2 is 1.54 bits per heavy atom. The van der Waals surface area contributed by atoms with Gasteiger partial charge in [0.1, 0.15) is 5.75 Å². The summed E-state index contributed by atoms with van der Waals surface area (Å²) in [5.41, 5.74) is 2.14. The molecule has 0 heterocycles. The van der Waals surface area contributed by atoms with Gasteiger partial charge in [0, 0.05) is 11.8 Å². The minimum atomic E-state index is -5.62. The molecule has 4 aliphatic rings. The molecule has 0 saturated heterocycles. The highest BCUT2D eigenvalue weighted by molar-refractivity contribution is 5.69. The number of rotatable bonds is 15. The van der Waals surface area contributed by atoms with Crippen molar-refractivity contribution in [2.75, 3.05) is 0 Å². The first kappa shape index (κ1) is 35.4. The third kappa shape index (κ3) is 6.68. The molecule has 5 rings (SSSR count). The first-order valence-electron chi connectivity index (χ1n) is 17.5. The first-order chi connectivity index (χ1) is 21.6. The van der Waals surface area contributed by atoms with Crippen LogP contribution in [0.3, 0.4) is 0 Å². The molecule has 0 aliphatic heterocycles. The highest BCUT2D eigenvalue weighted by Gasteiger charge is 2.71. The van der Waals surface area contributed by atoms with E-state index in [2.05, 4.69) is 6.92 Å². The van der Waals surface area contributed by atoms with Crippen molar-refractivity contribution in [2.24, 2.45) is 34.5 Å². The van der Waals surface area contributed by atoms with E-state index in [1.807, 2.05) is 6.07 Å². The Kier molecular flexibility index (Phi) is 10.4. The number of phenolic OH excluding ortho intramolecular Hbond substituents is 1. The number of aliphatic carboxylic acids is 1. The quantitative estimate of drug-likeness (QED) is 0.111. The lowest BCUT2D eigenvalue weighted by Gasteiger charge is -2.55. The van der Waals surface area contributed by atoms with E-state index in [4.69, 9.17) is 0 Å². The third-order valence-corrected chi connectivity index (χ3v) is 12.8. The van der Waals surface area contributed by atoms with Crippen molar-refractivity contribution in [3.8, 4) is 5.75 Å². The molecule has 4 N–H and O–H groups in total. The summed E-state index contributed by atoms with van der Waals surface area (Å²) in [6.07, 6.45) is 3.79. The van der Waals surface area contributed by atoms with E-state index in [1.165, 1.54) is 0 Å². The van der Waals surface area contributed by atoms with Crippen molar-refractivity contribution < 1.29 is 47.2 Å². The molecule has 0 aromatic heterocycles. The van der Waals surface area contributed by atoms with Crippen LogP contribution in [0, 0.1) is 34.5 Å². The van der Waals surface area contributed by atoms with Gasteiger partial charge in [-0.2, -0.15) is 22.0 Å². The maximum absolute atomic E-state index is 13.1. The van der Waals surface area contributed by atoms with Crippen LogP contribution in [0.5, 0.6) is 5.75 Å². The summed E-state index contributed by atoms with van der Waals surface area (Å²) in [7, 11) is 0. The number of aliphatic hydroxyl groups excluding tert-OH is 2. The summed E-state index contributed by atoms with van der Waals surface area (Å²) in [5.74, 6) is -5.66. The molecule has 0 amide bonds. The summed E-state index contributed by atoms with van der Waals surface area (Å²) >= 11 is 0. The number of carboxylic acid groups (broad SMARTS) is 1. The summed E-state index contributed by atoms with van der Waals surface area (Å²) in [4.78, 5) is 11.5. The number of aliphatic hydroxyl groups is 2. The van der Waals surface area contributed by atoms with E-state index < -0.39 is 42.9 Å². The highest BCUT2D eigenvalue weighted by Crippen LogP contribution is 2.76. The summed E-state index contributed by atoms with van der Waals surface area (Å²) in [6.45, 7) is 2.39. The molecule has 1 spiro atoms. The monoisotopic (exact) mass is 658 g/mol. The van der Waals surface area contributed by atoms with Gasteiger partial charge in [0.15, 0.2) is 0 Å². The summed E-state index contributed by atoms with van der Waals surface area (Å²) in [6, 6.07) is 5.45. The smallest absolute Gasteiger partial charge is 0.453 e. The van der Waals surface area contributed by atoms with Crippen LogP contribution in [0.1, 0.15) is 139 Å². The second kappa shape index (κ2) is 13.5. The highest BCUT2D eigenvalue weighted by atomic mass is 19.4. The van der Waals surface area contributed by atoms with Crippen molar-refractivity contribution in [3.05, 3.63) is 29.3 Å². The Bertz CT molecular complexity index is 1220. The van der Waals surface area contributed by atoms with Crippen molar-refractivity contribution in [3.63, 3.8) is 0 Å². The SMILES string of the molecule is C[C@]12CCC3c4ccc(O)cc4[C@@H](O)C(CCCCCCCCCC(CCCC(F)(F)C(F)(F)F)C(=O)O)C3C1C[C@@H](O)C21CC1. The molecule has 5 unspecified atom stereocenters. The molecule has 1 aromatic carbocycles. The van der Waals surface area contributed by atoms with Crippen molar-refractivity contribution >= 4 is 5.97 Å². The van der Waals surface area contributed by atoms with Gasteiger partial charge in [-0.25, -0.2) is 0 Å². The molecule has 10 heteroatoms. The van der Waals surface area contributed by atoms with E-state index in [0.717, 1.165) is 88.2 Å². The number of carboxylic acids is 1. The maximum Gasteiger partial charge on any atom is 0.453 e. The van der Waals surface area contributed by atoms with Crippen LogP contribution >= 0.6 is 0 Å². The number of phenols is 1. The zero-order valence-electron chi connectivity index (χ0n) is 26.9. The van der Waals surface area contributed by atoms with Crippen molar-refractivity contribution in [2.45, 2.75) is 146 Å². The third-order valence-electron chi connectivity index (χ3n) is 12.8.